The number of carbonyl (C=O) groups excluding carboxylic acids is 2. The standard InChI is InChI=1S/C28H28N2O4/c1-15-7-17(3)25(18(4)8-15)29-13-33-27(31)21-12-24-22(11-23(21)29)28(32)34-14-30(24)26-19(5)9-16(2)10-20(26)6/h7-12H,13-14H2,1-6H3. The van der Waals surface area contributed by atoms with Crippen LogP contribution in [0.4, 0.5) is 22.7 Å². The summed E-state index contributed by atoms with van der Waals surface area (Å²) >= 11 is 0. The van der Waals surface area contributed by atoms with Gasteiger partial charge in [-0.1, -0.05) is 35.4 Å². The predicted molar refractivity (Wildman–Crippen MR) is 133 cm³/mol. The Hall–Kier alpha value is -3.80. The van der Waals surface area contributed by atoms with Crippen molar-refractivity contribution in [2.45, 2.75) is 41.5 Å². The number of carbonyl (C=O) groups is 2. The molecule has 0 aliphatic carbocycles. The molecule has 6 nitrogen and oxygen atoms in total. The van der Waals surface area contributed by atoms with E-state index in [1.807, 2.05) is 37.5 Å². The monoisotopic (exact) mass is 456 g/mol. The van der Waals surface area contributed by atoms with Gasteiger partial charge in [0.1, 0.15) is 0 Å². The number of ether oxygens (including phenoxy) is 2. The van der Waals surface area contributed by atoms with Crippen molar-refractivity contribution < 1.29 is 19.1 Å². The number of fused-ring (bicyclic) bond motifs is 2. The molecule has 2 aliphatic rings. The largest absolute Gasteiger partial charge is 0.440 e. The van der Waals surface area contributed by atoms with Gasteiger partial charge in [-0.3, -0.25) is 0 Å². The number of esters is 2. The Morgan fingerprint density at radius 3 is 1.21 bits per heavy atom. The van der Waals surface area contributed by atoms with Crippen LogP contribution in [0.15, 0.2) is 36.4 Å². The van der Waals surface area contributed by atoms with Gasteiger partial charge in [0.15, 0.2) is 13.5 Å². The first-order valence-corrected chi connectivity index (χ1v) is 11.4. The molecule has 0 unspecified atom stereocenters. The quantitative estimate of drug-likeness (QED) is 0.436. The van der Waals surface area contributed by atoms with Gasteiger partial charge in [0.2, 0.25) is 0 Å². The molecule has 0 amide bonds. The minimum atomic E-state index is -0.396. The molecule has 0 bridgehead atoms. The molecule has 0 N–H and O–H groups in total. The van der Waals surface area contributed by atoms with Crippen molar-refractivity contribution in [1.29, 1.82) is 0 Å². The van der Waals surface area contributed by atoms with Crippen molar-refractivity contribution in [3.05, 3.63) is 80.9 Å². The molecule has 2 aliphatic heterocycles. The summed E-state index contributed by atoms with van der Waals surface area (Å²) in [4.78, 5) is 29.7. The van der Waals surface area contributed by atoms with Crippen molar-refractivity contribution in [2.24, 2.45) is 0 Å². The Bertz CT molecular complexity index is 1220. The molecule has 2 heterocycles. The van der Waals surface area contributed by atoms with E-state index in [-0.39, 0.29) is 13.5 Å². The zero-order valence-corrected chi connectivity index (χ0v) is 20.4. The molecule has 0 radical (unpaired) electrons. The molecule has 0 saturated carbocycles. The zero-order chi connectivity index (χ0) is 24.3. The van der Waals surface area contributed by atoms with E-state index in [2.05, 4.69) is 38.1 Å². The molecular weight excluding hydrogens is 428 g/mol. The van der Waals surface area contributed by atoms with E-state index in [0.29, 0.717) is 22.5 Å². The number of aryl methyl sites for hydroxylation is 6. The molecule has 6 heteroatoms. The average Bonchev–Trinajstić information content (AvgIpc) is 2.75. The van der Waals surface area contributed by atoms with Crippen LogP contribution in [0.2, 0.25) is 0 Å². The lowest BCUT2D eigenvalue weighted by atomic mass is 9.98. The number of rotatable bonds is 2. The maximum absolute atomic E-state index is 12.9. The number of cyclic esters (lactones) is 2. The van der Waals surface area contributed by atoms with Crippen LogP contribution >= 0.6 is 0 Å². The highest BCUT2D eigenvalue weighted by Gasteiger charge is 2.34. The van der Waals surface area contributed by atoms with Crippen LogP contribution in [0.3, 0.4) is 0 Å². The van der Waals surface area contributed by atoms with Crippen LogP contribution in [0, 0.1) is 41.5 Å². The van der Waals surface area contributed by atoms with E-state index in [4.69, 9.17) is 9.47 Å². The number of hydrogen-bond donors (Lipinski definition) is 0. The van der Waals surface area contributed by atoms with Gasteiger partial charge >= 0.3 is 11.9 Å². The van der Waals surface area contributed by atoms with Crippen LogP contribution in [0.25, 0.3) is 0 Å². The van der Waals surface area contributed by atoms with Crippen molar-refractivity contribution in [3.8, 4) is 0 Å². The third-order valence-corrected chi connectivity index (χ3v) is 6.60. The SMILES string of the molecule is Cc1cc(C)c(N2COC(=O)c3cc4c(cc32)C(=O)OCN4c2c(C)cc(C)cc2C)c(C)c1. The van der Waals surface area contributed by atoms with E-state index < -0.39 is 11.9 Å². The molecule has 0 aromatic heterocycles. The second-order valence-electron chi connectivity index (χ2n) is 9.36. The third-order valence-electron chi connectivity index (χ3n) is 6.60. The predicted octanol–water partition coefficient (Wildman–Crippen LogP) is 6.07. The maximum Gasteiger partial charge on any atom is 0.342 e. The minimum absolute atomic E-state index is 0.0876. The molecule has 5 rings (SSSR count). The Morgan fingerprint density at radius 2 is 0.882 bits per heavy atom. The molecule has 0 fully saturated rings. The highest BCUT2D eigenvalue weighted by molar-refractivity contribution is 6.07. The lowest BCUT2D eigenvalue weighted by Crippen LogP contribution is -2.35. The topological polar surface area (TPSA) is 59.1 Å². The Morgan fingerprint density at radius 1 is 0.559 bits per heavy atom. The van der Waals surface area contributed by atoms with Crippen LogP contribution in [-0.2, 0) is 9.47 Å². The van der Waals surface area contributed by atoms with Crippen LogP contribution in [0.1, 0.15) is 54.1 Å². The Balaban J connectivity index is 1.71. The fourth-order valence-corrected chi connectivity index (χ4v) is 5.46. The highest BCUT2D eigenvalue weighted by Crippen LogP contribution is 2.43. The number of anilines is 4. The van der Waals surface area contributed by atoms with Crippen molar-refractivity contribution >= 4 is 34.7 Å². The lowest BCUT2D eigenvalue weighted by Gasteiger charge is -2.37. The van der Waals surface area contributed by atoms with Crippen molar-refractivity contribution in [3.63, 3.8) is 0 Å². The van der Waals surface area contributed by atoms with Gasteiger partial charge in [-0.05, 0) is 75.9 Å². The fraction of sp³-hybridized carbons (Fsp3) is 0.286. The highest BCUT2D eigenvalue weighted by atomic mass is 16.6. The summed E-state index contributed by atoms with van der Waals surface area (Å²) in [5, 5.41) is 0. The second kappa shape index (κ2) is 7.90. The molecule has 34 heavy (non-hydrogen) atoms. The van der Waals surface area contributed by atoms with Gasteiger partial charge in [-0.15, -0.1) is 0 Å². The first kappa shape index (κ1) is 22.0. The third kappa shape index (κ3) is 3.41. The van der Waals surface area contributed by atoms with E-state index in [1.165, 1.54) is 11.1 Å². The molecular formula is C28H28N2O4. The van der Waals surface area contributed by atoms with Gasteiger partial charge < -0.3 is 19.3 Å². The van der Waals surface area contributed by atoms with Gasteiger partial charge in [-0.2, -0.15) is 0 Å². The molecule has 0 atom stereocenters. The minimum Gasteiger partial charge on any atom is -0.440 e. The summed E-state index contributed by atoms with van der Waals surface area (Å²) in [6.07, 6.45) is 0. The Labute approximate surface area is 199 Å². The van der Waals surface area contributed by atoms with E-state index in [0.717, 1.165) is 33.6 Å². The number of benzene rings is 3. The summed E-state index contributed by atoms with van der Waals surface area (Å²) in [6, 6.07) is 12.0. The first-order chi connectivity index (χ1) is 16.2. The van der Waals surface area contributed by atoms with Gasteiger partial charge in [0.05, 0.1) is 33.9 Å². The second-order valence-corrected chi connectivity index (χ2v) is 9.36. The van der Waals surface area contributed by atoms with Crippen LogP contribution in [-0.4, -0.2) is 25.4 Å². The lowest BCUT2D eigenvalue weighted by molar-refractivity contribution is 0.0473. The Kier molecular flexibility index (Phi) is 5.12. The summed E-state index contributed by atoms with van der Waals surface area (Å²) in [5.41, 5.74) is 10.8. The molecule has 174 valence electrons. The average molecular weight is 457 g/mol. The zero-order valence-electron chi connectivity index (χ0n) is 20.4. The van der Waals surface area contributed by atoms with Crippen LogP contribution < -0.4 is 9.80 Å². The summed E-state index contributed by atoms with van der Waals surface area (Å²) in [5.74, 6) is -0.791. The summed E-state index contributed by atoms with van der Waals surface area (Å²) in [6.45, 7) is 12.5. The number of nitrogens with zero attached hydrogens (tertiary/aromatic N) is 2. The van der Waals surface area contributed by atoms with Gasteiger partial charge in [0, 0.05) is 0 Å². The number of hydrogen-bond acceptors (Lipinski definition) is 6. The normalized spacial score (nSPS) is 15.0. The molecule has 3 aromatic carbocycles. The summed E-state index contributed by atoms with van der Waals surface area (Å²) in [7, 11) is 0. The maximum atomic E-state index is 12.9. The first-order valence-electron chi connectivity index (χ1n) is 11.4. The van der Waals surface area contributed by atoms with E-state index in [9.17, 15) is 9.59 Å². The van der Waals surface area contributed by atoms with E-state index >= 15 is 0 Å². The fourth-order valence-electron chi connectivity index (χ4n) is 5.46. The molecule has 3 aromatic rings. The van der Waals surface area contributed by atoms with Crippen molar-refractivity contribution in [2.75, 3.05) is 23.3 Å². The van der Waals surface area contributed by atoms with Crippen LogP contribution in [0.5, 0.6) is 0 Å². The molecule has 0 saturated heterocycles. The van der Waals surface area contributed by atoms with Gasteiger partial charge in [-0.25, -0.2) is 9.59 Å². The smallest absolute Gasteiger partial charge is 0.342 e. The summed E-state index contributed by atoms with van der Waals surface area (Å²) < 4.78 is 11.2. The van der Waals surface area contributed by atoms with Crippen molar-refractivity contribution in [1.82, 2.24) is 0 Å². The molecule has 0 spiro atoms. The van der Waals surface area contributed by atoms with E-state index in [1.54, 1.807) is 12.1 Å². The van der Waals surface area contributed by atoms with Gasteiger partial charge in [0.25, 0.3) is 0 Å².